The van der Waals surface area contributed by atoms with Crippen LogP contribution >= 0.6 is 0 Å². The molecule has 1 saturated heterocycles. The minimum atomic E-state index is -0.607. The van der Waals surface area contributed by atoms with Gasteiger partial charge >= 0.3 is 0 Å². The van der Waals surface area contributed by atoms with Gasteiger partial charge in [-0.3, -0.25) is 9.59 Å². The summed E-state index contributed by atoms with van der Waals surface area (Å²) in [5, 5.41) is 15.7. The highest BCUT2D eigenvalue weighted by Crippen LogP contribution is 2.30. The number of aromatic nitrogens is 4. The number of methoxy groups -OCH3 is 2. The predicted octanol–water partition coefficient (Wildman–Crippen LogP) is 2.84. The molecule has 0 aliphatic carbocycles. The molecule has 1 aliphatic rings. The van der Waals surface area contributed by atoms with E-state index in [1.165, 1.54) is 4.80 Å². The normalized spacial score (nSPS) is 16.3. The molecule has 1 aromatic carbocycles. The Bertz CT molecular complexity index is 1040. The lowest BCUT2D eigenvalue weighted by Gasteiger charge is -2.34. The number of carbonyl (C=O) groups is 2. The number of unbranched alkanes of at least 4 members (excludes halogenated alkanes) is 1. The number of hydrogen-bond acceptors (Lipinski definition) is 8. The Balaban J connectivity index is 1.83. The molecule has 37 heavy (non-hydrogen) atoms. The SMILES string of the molecule is CCCC[C@H](C(=O)NC(C)(C)C)N(C[C@@H]1CCCO1)C(=O)Cn1nnc(-c2ccc(OC)c(OC)c2)n1. The molecule has 0 spiro atoms. The van der Waals surface area contributed by atoms with Gasteiger partial charge in [-0.15, -0.1) is 10.2 Å². The molecule has 3 rings (SSSR count). The number of benzene rings is 1. The number of ether oxygens (including phenoxy) is 3. The first-order valence-corrected chi connectivity index (χ1v) is 12.9. The van der Waals surface area contributed by atoms with Gasteiger partial charge in [-0.05, 0) is 63.4 Å². The quantitative estimate of drug-likeness (QED) is 0.457. The van der Waals surface area contributed by atoms with Gasteiger partial charge in [0.05, 0.1) is 20.3 Å². The van der Waals surface area contributed by atoms with Crippen LogP contribution in [0.1, 0.15) is 59.8 Å². The maximum Gasteiger partial charge on any atom is 0.247 e. The van der Waals surface area contributed by atoms with E-state index in [4.69, 9.17) is 14.2 Å². The molecular weight excluding hydrogens is 476 g/mol. The molecule has 11 heteroatoms. The maximum atomic E-state index is 13.6. The number of carbonyl (C=O) groups excluding carboxylic acids is 2. The summed E-state index contributed by atoms with van der Waals surface area (Å²) in [6.07, 6.45) is 4.01. The second-order valence-electron chi connectivity index (χ2n) is 10.3. The zero-order chi connectivity index (χ0) is 27.0. The van der Waals surface area contributed by atoms with E-state index >= 15 is 0 Å². The Kier molecular flexibility index (Phi) is 9.85. The fourth-order valence-electron chi connectivity index (χ4n) is 4.30. The average Bonchev–Trinajstić information content (AvgIpc) is 3.54. The van der Waals surface area contributed by atoms with Crippen LogP contribution in [0.4, 0.5) is 0 Å². The second kappa shape index (κ2) is 12.8. The van der Waals surface area contributed by atoms with E-state index in [9.17, 15) is 9.59 Å². The van der Waals surface area contributed by atoms with Gasteiger partial charge in [-0.25, -0.2) is 0 Å². The van der Waals surface area contributed by atoms with Gasteiger partial charge in [0.1, 0.15) is 12.6 Å². The van der Waals surface area contributed by atoms with Crippen LogP contribution in [0.2, 0.25) is 0 Å². The first kappa shape index (κ1) is 28.4. The van der Waals surface area contributed by atoms with E-state index in [-0.39, 0.29) is 24.5 Å². The Morgan fingerprint density at radius 3 is 2.62 bits per heavy atom. The monoisotopic (exact) mass is 516 g/mol. The first-order valence-electron chi connectivity index (χ1n) is 12.9. The van der Waals surface area contributed by atoms with Crippen LogP contribution in [-0.2, 0) is 20.9 Å². The van der Waals surface area contributed by atoms with Gasteiger partial charge in [0.2, 0.25) is 17.6 Å². The van der Waals surface area contributed by atoms with Crippen LogP contribution in [0.5, 0.6) is 11.5 Å². The van der Waals surface area contributed by atoms with E-state index in [1.54, 1.807) is 37.3 Å². The lowest BCUT2D eigenvalue weighted by molar-refractivity contribution is -0.144. The number of nitrogens with zero attached hydrogens (tertiary/aromatic N) is 5. The van der Waals surface area contributed by atoms with E-state index in [0.717, 1.165) is 25.7 Å². The molecule has 204 valence electrons. The highest BCUT2D eigenvalue weighted by atomic mass is 16.5. The summed E-state index contributed by atoms with van der Waals surface area (Å²) in [4.78, 5) is 29.9. The first-order chi connectivity index (χ1) is 17.6. The topological polar surface area (TPSA) is 121 Å². The molecule has 2 amide bonds. The molecular formula is C26H40N6O5. The summed E-state index contributed by atoms with van der Waals surface area (Å²) < 4.78 is 16.5. The molecule has 2 heterocycles. The third-order valence-electron chi connectivity index (χ3n) is 6.12. The van der Waals surface area contributed by atoms with Crippen LogP contribution in [-0.4, -0.2) is 82.0 Å². The highest BCUT2D eigenvalue weighted by molar-refractivity contribution is 5.88. The second-order valence-corrected chi connectivity index (χ2v) is 10.3. The standard InChI is InChI=1S/C26H40N6O5/c1-7-8-11-20(25(34)27-26(2,3)4)31(16-19-10-9-14-37-19)23(33)17-32-29-24(28-30-32)18-12-13-21(35-5)22(15-18)36-6/h12-13,15,19-20H,7-11,14,16-17H2,1-6H3,(H,27,34)/t19-,20+/m0/s1. The third-order valence-corrected chi connectivity index (χ3v) is 6.12. The van der Waals surface area contributed by atoms with Crippen molar-refractivity contribution < 1.29 is 23.8 Å². The average molecular weight is 517 g/mol. The van der Waals surface area contributed by atoms with Crippen molar-refractivity contribution in [2.24, 2.45) is 0 Å². The van der Waals surface area contributed by atoms with Crippen LogP contribution in [0, 0.1) is 0 Å². The number of amides is 2. The van der Waals surface area contributed by atoms with Crippen LogP contribution in [0.25, 0.3) is 11.4 Å². The Morgan fingerprint density at radius 1 is 1.24 bits per heavy atom. The molecule has 1 aliphatic heterocycles. The minimum absolute atomic E-state index is 0.0958. The van der Waals surface area contributed by atoms with Crippen molar-refractivity contribution >= 4 is 11.8 Å². The predicted molar refractivity (Wildman–Crippen MR) is 138 cm³/mol. The Morgan fingerprint density at radius 2 is 2.00 bits per heavy atom. The molecule has 11 nitrogen and oxygen atoms in total. The van der Waals surface area contributed by atoms with Crippen LogP contribution in [0.15, 0.2) is 18.2 Å². The van der Waals surface area contributed by atoms with Gasteiger partial charge in [-0.1, -0.05) is 19.8 Å². The van der Waals surface area contributed by atoms with Gasteiger partial charge in [0.15, 0.2) is 11.5 Å². The van der Waals surface area contributed by atoms with Crippen molar-refractivity contribution in [3.05, 3.63) is 18.2 Å². The Hall–Kier alpha value is -3.21. The number of tetrazole rings is 1. The zero-order valence-corrected chi connectivity index (χ0v) is 22.8. The van der Waals surface area contributed by atoms with Crippen molar-refractivity contribution in [1.82, 2.24) is 30.4 Å². The van der Waals surface area contributed by atoms with E-state index in [2.05, 4.69) is 27.7 Å². The lowest BCUT2D eigenvalue weighted by atomic mass is 10.0. The molecule has 1 N–H and O–H groups in total. The van der Waals surface area contributed by atoms with Crippen molar-refractivity contribution in [3.63, 3.8) is 0 Å². The highest BCUT2D eigenvalue weighted by Gasteiger charge is 2.34. The summed E-state index contributed by atoms with van der Waals surface area (Å²) in [5.41, 5.74) is 0.264. The van der Waals surface area contributed by atoms with Gasteiger partial charge in [-0.2, -0.15) is 4.80 Å². The summed E-state index contributed by atoms with van der Waals surface area (Å²) >= 11 is 0. The molecule has 0 unspecified atom stereocenters. The molecule has 0 bridgehead atoms. The molecule has 2 aromatic rings. The summed E-state index contributed by atoms with van der Waals surface area (Å²) in [7, 11) is 3.12. The fraction of sp³-hybridized carbons (Fsp3) is 0.654. The molecule has 0 saturated carbocycles. The van der Waals surface area contributed by atoms with Crippen molar-refractivity contribution in [2.45, 2.75) is 84.0 Å². The number of nitrogens with one attached hydrogen (secondary N) is 1. The zero-order valence-electron chi connectivity index (χ0n) is 22.8. The van der Waals surface area contributed by atoms with E-state index in [1.807, 2.05) is 20.8 Å². The largest absolute Gasteiger partial charge is 0.493 e. The third kappa shape index (κ3) is 7.88. The van der Waals surface area contributed by atoms with Gasteiger partial charge in [0, 0.05) is 24.3 Å². The minimum Gasteiger partial charge on any atom is -0.493 e. The van der Waals surface area contributed by atoms with Crippen molar-refractivity contribution in [2.75, 3.05) is 27.4 Å². The van der Waals surface area contributed by atoms with E-state index < -0.39 is 11.6 Å². The number of hydrogen-bond donors (Lipinski definition) is 1. The summed E-state index contributed by atoms with van der Waals surface area (Å²) in [5.74, 6) is 1.07. The number of rotatable bonds is 12. The Labute approximate surface area is 218 Å². The molecule has 1 aromatic heterocycles. The summed E-state index contributed by atoms with van der Waals surface area (Å²) in [6.45, 7) is 8.75. The van der Waals surface area contributed by atoms with Crippen molar-refractivity contribution in [1.29, 1.82) is 0 Å². The summed E-state index contributed by atoms with van der Waals surface area (Å²) in [6, 6.07) is 4.70. The fourth-order valence-corrected chi connectivity index (χ4v) is 4.30. The molecule has 1 fully saturated rings. The van der Waals surface area contributed by atoms with E-state index in [0.29, 0.717) is 42.5 Å². The van der Waals surface area contributed by atoms with Gasteiger partial charge < -0.3 is 24.4 Å². The van der Waals surface area contributed by atoms with Crippen LogP contribution in [0.3, 0.4) is 0 Å². The molecule has 2 atom stereocenters. The van der Waals surface area contributed by atoms with Crippen molar-refractivity contribution in [3.8, 4) is 22.9 Å². The smallest absolute Gasteiger partial charge is 0.247 e. The van der Waals surface area contributed by atoms with Gasteiger partial charge in [0.25, 0.3) is 0 Å². The maximum absolute atomic E-state index is 13.6. The van der Waals surface area contributed by atoms with Crippen LogP contribution < -0.4 is 14.8 Å². The molecule has 0 radical (unpaired) electrons. The lowest BCUT2D eigenvalue weighted by Crippen LogP contribution is -2.56.